The van der Waals surface area contributed by atoms with Crippen LogP contribution in [-0.2, 0) is 22.7 Å². The standard InChI is InChI=1S/C18H22N4.2C2HF3O2/c1-3-10-22-12-11-21(13-16-7-5-9-19-18(16)22)14-17-8-4-6-15(2)20-17;2*3-2(4,5)1(6)7/h3-9H,1,10-14H2,2H3;2*(H,6,7). The quantitative estimate of drug-likeness (QED) is 0.458. The number of aromatic nitrogens is 2. The maximum Gasteiger partial charge on any atom is 0.490 e. The van der Waals surface area contributed by atoms with Gasteiger partial charge in [-0.25, -0.2) is 14.6 Å². The number of carbonyl (C=O) groups is 2. The molecule has 3 rings (SSSR count). The lowest BCUT2D eigenvalue weighted by atomic mass is 10.2. The smallest absolute Gasteiger partial charge is 0.475 e. The van der Waals surface area contributed by atoms with E-state index in [-0.39, 0.29) is 0 Å². The highest BCUT2D eigenvalue weighted by atomic mass is 19.4. The van der Waals surface area contributed by atoms with E-state index in [9.17, 15) is 26.3 Å². The van der Waals surface area contributed by atoms with Crippen LogP contribution in [0.1, 0.15) is 17.0 Å². The molecular formula is C22H24F6N4O4. The second kappa shape index (κ2) is 13.4. The molecule has 14 heteroatoms. The fourth-order valence-electron chi connectivity index (χ4n) is 2.91. The first kappa shape index (κ1) is 30.4. The van der Waals surface area contributed by atoms with Crippen molar-refractivity contribution in [3.63, 3.8) is 0 Å². The van der Waals surface area contributed by atoms with E-state index < -0.39 is 24.3 Å². The summed E-state index contributed by atoms with van der Waals surface area (Å²) in [5.41, 5.74) is 3.47. The largest absolute Gasteiger partial charge is 0.490 e. The summed E-state index contributed by atoms with van der Waals surface area (Å²) in [7, 11) is 0. The zero-order chi connectivity index (χ0) is 27.5. The fraction of sp³-hybridized carbons (Fsp3) is 0.364. The van der Waals surface area contributed by atoms with Gasteiger partial charge in [-0.15, -0.1) is 6.58 Å². The fourth-order valence-corrected chi connectivity index (χ4v) is 2.91. The number of hydrogen-bond acceptors (Lipinski definition) is 6. The molecule has 0 atom stereocenters. The van der Waals surface area contributed by atoms with Crippen LogP contribution in [0.4, 0.5) is 32.2 Å². The van der Waals surface area contributed by atoms with Gasteiger partial charge in [0.05, 0.1) is 5.69 Å². The van der Waals surface area contributed by atoms with E-state index in [0.717, 1.165) is 49.9 Å². The molecule has 0 saturated carbocycles. The van der Waals surface area contributed by atoms with Crippen LogP contribution in [0.3, 0.4) is 0 Å². The molecule has 0 unspecified atom stereocenters. The average molecular weight is 522 g/mol. The molecule has 0 aromatic carbocycles. The Morgan fingerprint density at radius 3 is 2.11 bits per heavy atom. The highest BCUT2D eigenvalue weighted by molar-refractivity contribution is 5.73. The third kappa shape index (κ3) is 10.7. The molecule has 0 saturated heterocycles. The van der Waals surface area contributed by atoms with Gasteiger partial charge in [-0.1, -0.05) is 18.2 Å². The van der Waals surface area contributed by atoms with E-state index in [2.05, 4.69) is 44.5 Å². The number of nitrogens with zero attached hydrogens (tertiary/aromatic N) is 4. The Morgan fingerprint density at radius 2 is 1.61 bits per heavy atom. The lowest BCUT2D eigenvalue weighted by molar-refractivity contribution is -0.193. The molecule has 0 bridgehead atoms. The first-order chi connectivity index (χ1) is 16.6. The molecule has 0 aliphatic carbocycles. The monoisotopic (exact) mass is 522 g/mol. The zero-order valence-corrected chi connectivity index (χ0v) is 19.1. The van der Waals surface area contributed by atoms with E-state index in [1.165, 1.54) is 5.56 Å². The first-order valence-electron chi connectivity index (χ1n) is 10.2. The number of carboxylic acids is 2. The van der Waals surface area contributed by atoms with Gasteiger partial charge in [-0.3, -0.25) is 9.88 Å². The Hall–Kier alpha value is -3.68. The van der Waals surface area contributed by atoms with Crippen molar-refractivity contribution in [3.8, 4) is 0 Å². The van der Waals surface area contributed by atoms with E-state index in [0.29, 0.717) is 0 Å². The normalized spacial score (nSPS) is 13.7. The third-order valence-electron chi connectivity index (χ3n) is 4.41. The highest BCUT2D eigenvalue weighted by Gasteiger charge is 2.38. The van der Waals surface area contributed by atoms with E-state index in [1.54, 1.807) is 0 Å². The van der Waals surface area contributed by atoms with Crippen LogP contribution < -0.4 is 4.90 Å². The number of pyridine rings is 2. The predicted molar refractivity (Wildman–Crippen MR) is 117 cm³/mol. The second-order valence-corrected chi connectivity index (χ2v) is 7.31. The van der Waals surface area contributed by atoms with Crippen LogP contribution in [0, 0.1) is 6.92 Å². The number of carboxylic acid groups (broad SMARTS) is 2. The van der Waals surface area contributed by atoms with Crippen molar-refractivity contribution in [2.45, 2.75) is 32.4 Å². The summed E-state index contributed by atoms with van der Waals surface area (Å²) in [5.74, 6) is -4.43. The van der Waals surface area contributed by atoms with Crippen LogP contribution in [0.5, 0.6) is 0 Å². The molecule has 0 fully saturated rings. The van der Waals surface area contributed by atoms with Gasteiger partial charge >= 0.3 is 24.3 Å². The minimum absolute atomic E-state index is 0.834. The lowest BCUT2D eigenvalue weighted by Crippen LogP contribution is -2.31. The van der Waals surface area contributed by atoms with Crippen molar-refractivity contribution >= 4 is 17.8 Å². The summed E-state index contributed by atoms with van der Waals surface area (Å²) in [5, 5.41) is 14.2. The zero-order valence-electron chi connectivity index (χ0n) is 19.1. The van der Waals surface area contributed by atoms with Gasteiger partial charge in [0.1, 0.15) is 5.82 Å². The van der Waals surface area contributed by atoms with Gasteiger partial charge in [-0.05, 0) is 25.1 Å². The Balaban J connectivity index is 0.000000383. The number of aryl methyl sites for hydroxylation is 1. The Labute approximate surface area is 202 Å². The number of aliphatic carboxylic acids is 2. The summed E-state index contributed by atoms with van der Waals surface area (Å²) in [6.45, 7) is 10.5. The molecule has 1 aliphatic heterocycles. The number of halogens is 6. The summed E-state index contributed by atoms with van der Waals surface area (Å²) < 4.78 is 63.5. The molecule has 2 aromatic rings. The third-order valence-corrected chi connectivity index (χ3v) is 4.41. The molecule has 0 amide bonds. The van der Waals surface area contributed by atoms with Crippen LogP contribution in [0.25, 0.3) is 0 Å². The van der Waals surface area contributed by atoms with E-state index >= 15 is 0 Å². The molecule has 3 heterocycles. The van der Waals surface area contributed by atoms with E-state index in [1.807, 2.05) is 31.3 Å². The number of alkyl halides is 6. The van der Waals surface area contributed by atoms with Crippen molar-refractivity contribution in [1.29, 1.82) is 0 Å². The molecule has 36 heavy (non-hydrogen) atoms. The molecule has 1 aliphatic rings. The molecule has 8 nitrogen and oxygen atoms in total. The second-order valence-electron chi connectivity index (χ2n) is 7.31. The van der Waals surface area contributed by atoms with Crippen LogP contribution >= 0.6 is 0 Å². The van der Waals surface area contributed by atoms with Gasteiger partial charge in [0.2, 0.25) is 0 Å². The van der Waals surface area contributed by atoms with E-state index in [4.69, 9.17) is 19.8 Å². The summed E-state index contributed by atoms with van der Waals surface area (Å²) in [6, 6.07) is 10.4. The first-order valence-corrected chi connectivity index (χ1v) is 10.2. The van der Waals surface area contributed by atoms with Crippen molar-refractivity contribution in [3.05, 3.63) is 66.1 Å². The van der Waals surface area contributed by atoms with Crippen LogP contribution in [0.2, 0.25) is 0 Å². The molecular weight excluding hydrogens is 498 g/mol. The molecule has 2 aromatic heterocycles. The summed E-state index contributed by atoms with van der Waals surface area (Å²) in [4.78, 5) is 31.7. The Bertz CT molecular complexity index is 1010. The molecule has 198 valence electrons. The molecule has 2 N–H and O–H groups in total. The Kier molecular flexibility index (Phi) is 11.3. The van der Waals surface area contributed by atoms with Crippen molar-refractivity contribution in [1.82, 2.24) is 14.9 Å². The number of fused-ring (bicyclic) bond motifs is 1. The average Bonchev–Trinajstić information content (AvgIpc) is 2.93. The Morgan fingerprint density at radius 1 is 1.03 bits per heavy atom. The number of anilines is 1. The minimum Gasteiger partial charge on any atom is -0.475 e. The van der Waals surface area contributed by atoms with Crippen molar-refractivity contribution in [2.24, 2.45) is 0 Å². The van der Waals surface area contributed by atoms with Gasteiger partial charge in [0, 0.05) is 50.2 Å². The minimum atomic E-state index is -5.08. The van der Waals surface area contributed by atoms with Crippen LogP contribution in [-0.4, -0.2) is 69.0 Å². The molecule has 0 radical (unpaired) electrons. The maximum absolute atomic E-state index is 10.6. The van der Waals surface area contributed by atoms with Gasteiger partial charge in [0.15, 0.2) is 0 Å². The number of rotatable bonds is 4. The van der Waals surface area contributed by atoms with Gasteiger partial charge in [0.25, 0.3) is 0 Å². The predicted octanol–water partition coefficient (Wildman–Crippen LogP) is 4.06. The highest BCUT2D eigenvalue weighted by Crippen LogP contribution is 2.23. The maximum atomic E-state index is 10.6. The topological polar surface area (TPSA) is 107 Å². The van der Waals surface area contributed by atoms with Crippen molar-refractivity contribution < 1.29 is 46.1 Å². The van der Waals surface area contributed by atoms with Gasteiger partial charge in [-0.2, -0.15) is 26.3 Å². The lowest BCUT2D eigenvalue weighted by Gasteiger charge is -2.22. The van der Waals surface area contributed by atoms with Crippen LogP contribution in [0.15, 0.2) is 49.2 Å². The molecule has 0 spiro atoms. The summed E-state index contributed by atoms with van der Waals surface area (Å²) >= 11 is 0. The number of hydrogen-bond donors (Lipinski definition) is 2. The van der Waals surface area contributed by atoms with Gasteiger partial charge < -0.3 is 15.1 Å². The SMILES string of the molecule is C=CCN1CCN(Cc2cccc(C)n2)Cc2cccnc21.O=C(O)C(F)(F)F.O=C(O)C(F)(F)F. The summed E-state index contributed by atoms with van der Waals surface area (Å²) in [6.07, 6.45) is -6.36. The van der Waals surface area contributed by atoms with Crippen molar-refractivity contribution in [2.75, 3.05) is 24.5 Å².